The second-order valence-electron chi connectivity index (χ2n) is 4.84. The SMILES string of the molecule is CN(C)c1nc(Nc2nc3ncncc3[nH]2)nc2nc[nH]c12. The lowest BCUT2D eigenvalue weighted by molar-refractivity contribution is 1.05. The Hall–Kier alpha value is -3.30. The zero-order valence-electron chi connectivity index (χ0n) is 11.9. The van der Waals surface area contributed by atoms with Gasteiger partial charge in [-0.1, -0.05) is 0 Å². The molecule has 0 fully saturated rings. The number of aromatic nitrogens is 8. The van der Waals surface area contributed by atoms with Crippen LogP contribution in [0, 0.1) is 0 Å². The summed E-state index contributed by atoms with van der Waals surface area (Å²) in [5, 5.41) is 3.03. The molecule has 0 saturated heterocycles. The minimum Gasteiger partial charge on any atom is -0.361 e. The van der Waals surface area contributed by atoms with Crippen molar-refractivity contribution in [2.75, 3.05) is 24.3 Å². The molecule has 0 unspecified atom stereocenters. The Morgan fingerprint density at radius 3 is 2.82 bits per heavy atom. The average Bonchev–Trinajstić information content (AvgIpc) is 3.11. The number of nitrogens with one attached hydrogen (secondary N) is 3. The summed E-state index contributed by atoms with van der Waals surface area (Å²) in [5.74, 6) is 1.63. The van der Waals surface area contributed by atoms with Gasteiger partial charge in [-0.15, -0.1) is 0 Å². The molecule has 0 aliphatic carbocycles. The predicted octanol–water partition coefficient (Wildman–Crippen LogP) is 0.829. The lowest BCUT2D eigenvalue weighted by Gasteiger charge is -2.12. The fourth-order valence-corrected chi connectivity index (χ4v) is 2.12. The van der Waals surface area contributed by atoms with E-state index in [0.29, 0.717) is 23.2 Å². The Labute approximate surface area is 124 Å². The maximum absolute atomic E-state index is 4.47. The molecule has 0 aliphatic heterocycles. The highest BCUT2D eigenvalue weighted by Crippen LogP contribution is 2.22. The first-order valence-electron chi connectivity index (χ1n) is 6.52. The molecule has 10 nitrogen and oxygen atoms in total. The number of fused-ring (bicyclic) bond motifs is 2. The Morgan fingerprint density at radius 1 is 1.09 bits per heavy atom. The Morgan fingerprint density at radius 2 is 2.00 bits per heavy atom. The van der Waals surface area contributed by atoms with Crippen molar-refractivity contribution in [1.29, 1.82) is 0 Å². The third-order valence-corrected chi connectivity index (χ3v) is 3.08. The molecular formula is C12H12N10. The van der Waals surface area contributed by atoms with Crippen molar-refractivity contribution in [3.63, 3.8) is 0 Å². The molecule has 0 radical (unpaired) electrons. The summed E-state index contributed by atoms with van der Waals surface area (Å²) < 4.78 is 0. The number of anilines is 3. The largest absolute Gasteiger partial charge is 0.361 e. The first-order valence-corrected chi connectivity index (χ1v) is 6.52. The standard InChI is InChI=1S/C12H12N10/c1-22(2)10-7-9(16-5-14-7)19-12(20-10)21-11-17-6-3-13-4-15-8(6)18-11/h3-5H,1-2H3,(H3,13,14,15,16,17,18,19,20,21). The van der Waals surface area contributed by atoms with Gasteiger partial charge in [-0.05, 0) is 0 Å². The van der Waals surface area contributed by atoms with Crippen LogP contribution in [0.25, 0.3) is 22.3 Å². The summed E-state index contributed by atoms with van der Waals surface area (Å²) in [7, 11) is 3.81. The molecule has 3 N–H and O–H groups in total. The topological polar surface area (TPSA) is 124 Å². The lowest BCUT2D eigenvalue weighted by atomic mass is 10.4. The van der Waals surface area contributed by atoms with Gasteiger partial charge in [-0.25, -0.2) is 15.0 Å². The number of H-pyrrole nitrogens is 2. The van der Waals surface area contributed by atoms with Gasteiger partial charge in [0, 0.05) is 14.1 Å². The van der Waals surface area contributed by atoms with Gasteiger partial charge in [0.15, 0.2) is 17.1 Å². The smallest absolute Gasteiger partial charge is 0.233 e. The van der Waals surface area contributed by atoms with Crippen LogP contribution in [0.1, 0.15) is 0 Å². The Kier molecular flexibility index (Phi) is 2.61. The summed E-state index contributed by atoms with van der Waals surface area (Å²) >= 11 is 0. The molecule has 0 saturated carbocycles. The van der Waals surface area contributed by atoms with E-state index in [4.69, 9.17) is 0 Å². The number of hydrogen-bond donors (Lipinski definition) is 3. The molecule has 0 aromatic carbocycles. The summed E-state index contributed by atoms with van der Waals surface area (Å²) in [6.45, 7) is 0. The highest BCUT2D eigenvalue weighted by molar-refractivity contribution is 5.84. The minimum absolute atomic E-state index is 0.398. The molecule has 4 heterocycles. The molecule has 22 heavy (non-hydrogen) atoms. The first kappa shape index (κ1) is 12.4. The van der Waals surface area contributed by atoms with Gasteiger partial charge in [0.05, 0.1) is 12.5 Å². The zero-order valence-corrected chi connectivity index (χ0v) is 11.9. The summed E-state index contributed by atoms with van der Waals surface area (Å²) in [6.07, 6.45) is 4.69. The summed E-state index contributed by atoms with van der Waals surface area (Å²) in [4.78, 5) is 33.3. The van der Waals surface area contributed by atoms with Gasteiger partial charge in [-0.3, -0.25) is 5.32 Å². The van der Waals surface area contributed by atoms with Gasteiger partial charge in [0.2, 0.25) is 11.9 Å². The highest BCUT2D eigenvalue weighted by atomic mass is 15.3. The third kappa shape index (κ3) is 1.97. The summed E-state index contributed by atoms with van der Waals surface area (Å²) in [6, 6.07) is 0. The van der Waals surface area contributed by atoms with Crippen LogP contribution in [0.3, 0.4) is 0 Å². The van der Waals surface area contributed by atoms with E-state index >= 15 is 0 Å². The van der Waals surface area contributed by atoms with Crippen molar-refractivity contribution in [3.05, 3.63) is 18.9 Å². The monoisotopic (exact) mass is 296 g/mol. The van der Waals surface area contributed by atoms with Crippen molar-refractivity contribution in [1.82, 2.24) is 39.9 Å². The Bertz CT molecular complexity index is 920. The molecule has 0 bridgehead atoms. The first-order chi connectivity index (χ1) is 10.7. The minimum atomic E-state index is 0.398. The maximum atomic E-state index is 4.47. The number of rotatable bonds is 3. The van der Waals surface area contributed by atoms with E-state index in [1.165, 1.54) is 6.33 Å². The van der Waals surface area contributed by atoms with Gasteiger partial charge in [0.1, 0.15) is 17.4 Å². The van der Waals surface area contributed by atoms with Crippen LogP contribution < -0.4 is 10.2 Å². The van der Waals surface area contributed by atoms with E-state index < -0.39 is 0 Å². The molecule has 0 spiro atoms. The van der Waals surface area contributed by atoms with Crippen LogP contribution in [-0.2, 0) is 0 Å². The van der Waals surface area contributed by atoms with Crippen molar-refractivity contribution in [2.24, 2.45) is 0 Å². The van der Waals surface area contributed by atoms with E-state index in [1.807, 2.05) is 19.0 Å². The van der Waals surface area contributed by atoms with Crippen molar-refractivity contribution in [2.45, 2.75) is 0 Å². The zero-order chi connectivity index (χ0) is 15.1. The van der Waals surface area contributed by atoms with Crippen LogP contribution in [0.2, 0.25) is 0 Å². The van der Waals surface area contributed by atoms with Crippen molar-refractivity contribution in [3.8, 4) is 0 Å². The Balaban J connectivity index is 1.77. The molecule has 0 atom stereocenters. The number of nitrogens with zero attached hydrogens (tertiary/aromatic N) is 7. The van der Waals surface area contributed by atoms with Gasteiger partial charge >= 0.3 is 0 Å². The van der Waals surface area contributed by atoms with E-state index in [2.05, 4.69) is 45.2 Å². The van der Waals surface area contributed by atoms with E-state index in [0.717, 1.165) is 16.9 Å². The van der Waals surface area contributed by atoms with E-state index in [9.17, 15) is 0 Å². The molecule has 4 aromatic heterocycles. The molecule has 10 heteroatoms. The van der Waals surface area contributed by atoms with Gasteiger partial charge in [-0.2, -0.15) is 15.0 Å². The fraction of sp³-hybridized carbons (Fsp3) is 0.167. The molecular weight excluding hydrogens is 284 g/mol. The number of imidazole rings is 2. The van der Waals surface area contributed by atoms with Crippen molar-refractivity contribution >= 4 is 40.0 Å². The molecule has 4 aromatic rings. The fourth-order valence-electron chi connectivity index (χ4n) is 2.12. The van der Waals surface area contributed by atoms with Crippen LogP contribution in [0.15, 0.2) is 18.9 Å². The van der Waals surface area contributed by atoms with E-state index in [-0.39, 0.29) is 0 Å². The number of aromatic amines is 2. The van der Waals surface area contributed by atoms with Gasteiger partial charge < -0.3 is 14.9 Å². The average molecular weight is 296 g/mol. The molecule has 0 aliphatic rings. The third-order valence-electron chi connectivity index (χ3n) is 3.08. The van der Waals surface area contributed by atoms with Crippen LogP contribution >= 0.6 is 0 Å². The quantitative estimate of drug-likeness (QED) is 0.507. The second-order valence-corrected chi connectivity index (χ2v) is 4.84. The lowest BCUT2D eigenvalue weighted by Crippen LogP contribution is -2.13. The molecule has 0 amide bonds. The summed E-state index contributed by atoms with van der Waals surface area (Å²) in [5.41, 5.74) is 2.67. The predicted molar refractivity (Wildman–Crippen MR) is 81.0 cm³/mol. The highest BCUT2D eigenvalue weighted by Gasteiger charge is 2.13. The molecule has 4 rings (SSSR count). The van der Waals surface area contributed by atoms with Gasteiger partial charge in [0.25, 0.3) is 0 Å². The normalized spacial score (nSPS) is 11.2. The van der Waals surface area contributed by atoms with Crippen LogP contribution in [0.5, 0.6) is 0 Å². The van der Waals surface area contributed by atoms with Crippen LogP contribution in [-0.4, -0.2) is 54.0 Å². The van der Waals surface area contributed by atoms with Crippen molar-refractivity contribution < 1.29 is 0 Å². The number of hydrogen-bond acceptors (Lipinski definition) is 8. The maximum Gasteiger partial charge on any atom is 0.233 e. The molecule has 110 valence electrons. The van der Waals surface area contributed by atoms with Crippen LogP contribution in [0.4, 0.5) is 17.7 Å². The van der Waals surface area contributed by atoms with E-state index in [1.54, 1.807) is 12.5 Å². The second kappa shape index (κ2) is 4.62.